The summed E-state index contributed by atoms with van der Waals surface area (Å²) < 4.78 is 3.35. The molecule has 1 aliphatic rings. The molecule has 3 nitrogen and oxygen atoms in total. The van der Waals surface area contributed by atoms with Crippen LogP contribution in [0.5, 0.6) is 0 Å². The third-order valence-electron chi connectivity index (χ3n) is 3.54. The van der Waals surface area contributed by atoms with Gasteiger partial charge in [0.2, 0.25) is 0 Å². The topological polar surface area (TPSA) is 29.9 Å². The molecular formula is C13H16IN3S. The zero-order chi connectivity index (χ0) is 12.5. The second-order valence-corrected chi connectivity index (χ2v) is 7.73. The first-order valence-corrected chi connectivity index (χ1v) is 8.12. The molecule has 18 heavy (non-hydrogen) atoms. The van der Waals surface area contributed by atoms with Crippen molar-refractivity contribution in [3.8, 4) is 0 Å². The standard InChI is InChI=1S/C13H16IN3S/c1-17-9(5-6-16-17)8-15-11-3-2-4-12-10(11)7-13(14)18-12/h5-7,11,15H,2-4,8H2,1H3. The van der Waals surface area contributed by atoms with Crippen LogP contribution in [0.15, 0.2) is 18.3 Å². The first-order valence-electron chi connectivity index (χ1n) is 6.22. The largest absolute Gasteiger partial charge is 0.304 e. The van der Waals surface area contributed by atoms with Gasteiger partial charge in [0, 0.05) is 30.7 Å². The van der Waals surface area contributed by atoms with Crippen LogP contribution >= 0.6 is 33.9 Å². The Morgan fingerprint density at radius 1 is 1.61 bits per heavy atom. The van der Waals surface area contributed by atoms with E-state index >= 15 is 0 Å². The molecule has 0 saturated carbocycles. The van der Waals surface area contributed by atoms with Gasteiger partial charge in [0.05, 0.1) is 8.58 Å². The summed E-state index contributed by atoms with van der Waals surface area (Å²) in [5.41, 5.74) is 2.77. The third-order valence-corrected chi connectivity index (χ3v) is 5.51. The molecule has 2 heterocycles. The summed E-state index contributed by atoms with van der Waals surface area (Å²) >= 11 is 4.38. The van der Waals surface area contributed by atoms with Crippen molar-refractivity contribution in [1.29, 1.82) is 0 Å². The van der Waals surface area contributed by atoms with Crippen LogP contribution in [0.25, 0.3) is 0 Å². The minimum absolute atomic E-state index is 0.517. The van der Waals surface area contributed by atoms with E-state index in [-0.39, 0.29) is 0 Å². The van der Waals surface area contributed by atoms with Crippen molar-refractivity contribution in [2.45, 2.75) is 31.8 Å². The van der Waals surface area contributed by atoms with Crippen LogP contribution in [0.4, 0.5) is 0 Å². The van der Waals surface area contributed by atoms with Crippen molar-refractivity contribution >= 4 is 33.9 Å². The normalized spacial score (nSPS) is 18.9. The van der Waals surface area contributed by atoms with E-state index in [1.54, 1.807) is 4.88 Å². The number of nitrogens with one attached hydrogen (secondary N) is 1. The highest BCUT2D eigenvalue weighted by Gasteiger charge is 2.22. The zero-order valence-electron chi connectivity index (χ0n) is 10.3. The number of fused-ring (bicyclic) bond motifs is 1. The number of hydrogen-bond acceptors (Lipinski definition) is 3. The number of halogens is 1. The van der Waals surface area contributed by atoms with E-state index in [2.05, 4.69) is 45.1 Å². The van der Waals surface area contributed by atoms with Gasteiger partial charge in [-0.2, -0.15) is 5.10 Å². The molecule has 0 aliphatic heterocycles. The van der Waals surface area contributed by atoms with Crippen LogP contribution < -0.4 is 5.32 Å². The van der Waals surface area contributed by atoms with E-state index in [4.69, 9.17) is 0 Å². The zero-order valence-corrected chi connectivity index (χ0v) is 13.3. The van der Waals surface area contributed by atoms with Crippen molar-refractivity contribution in [3.63, 3.8) is 0 Å². The van der Waals surface area contributed by atoms with Crippen LogP contribution in [0.3, 0.4) is 0 Å². The fourth-order valence-corrected chi connectivity index (χ4v) is 4.66. The average Bonchev–Trinajstić information content (AvgIpc) is 2.91. The number of rotatable bonds is 3. The minimum atomic E-state index is 0.517. The third kappa shape index (κ3) is 2.48. The van der Waals surface area contributed by atoms with E-state index in [1.807, 2.05) is 29.3 Å². The Bertz CT molecular complexity index is 546. The number of aromatic nitrogens is 2. The maximum atomic E-state index is 4.21. The second kappa shape index (κ2) is 5.30. The summed E-state index contributed by atoms with van der Waals surface area (Å²) in [6, 6.07) is 4.94. The van der Waals surface area contributed by atoms with Crippen molar-refractivity contribution in [2.24, 2.45) is 7.05 Å². The van der Waals surface area contributed by atoms with E-state index < -0.39 is 0 Å². The molecule has 3 rings (SSSR count). The van der Waals surface area contributed by atoms with Crippen molar-refractivity contribution in [3.05, 3.63) is 37.3 Å². The molecule has 0 saturated heterocycles. The molecule has 2 aromatic rings. The van der Waals surface area contributed by atoms with E-state index in [9.17, 15) is 0 Å². The molecule has 5 heteroatoms. The first-order chi connectivity index (χ1) is 8.74. The molecule has 0 amide bonds. The average molecular weight is 373 g/mol. The molecule has 1 aliphatic carbocycles. The first kappa shape index (κ1) is 12.6. The molecule has 0 spiro atoms. The lowest BCUT2D eigenvalue weighted by molar-refractivity contribution is 0.454. The predicted molar refractivity (Wildman–Crippen MR) is 82.8 cm³/mol. The lowest BCUT2D eigenvalue weighted by atomic mass is 9.94. The predicted octanol–water partition coefficient (Wildman–Crippen LogP) is 3.25. The van der Waals surface area contributed by atoms with Gasteiger partial charge < -0.3 is 5.32 Å². The van der Waals surface area contributed by atoms with Gasteiger partial charge in [0.1, 0.15) is 0 Å². The van der Waals surface area contributed by atoms with Gasteiger partial charge >= 0.3 is 0 Å². The van der Waals surface area contributed by atoms with Gasteiger partial charge in [0.25, 0.3) is 0 Å². The summed E-state index contributed by atoms with van der Waals surface area (Å²) in [5, 5.41) is 7.88. The van der Waals surface area contributed by atoms with Crippen LogP contribution in [0, 0.1) is 2.88 Å². The highest BCUT2D eigenvalue weighted by molar-refractivity contribution is 14.1. The smallest absolute Gasteiger partial charge is 0.0659 e. The van der Waals surface area contributed by atoms with Gasteiger partial charge in [-0.15, -0.1) is 11.3 Å². The molecule has 0 fully saturated rings. The molecule has 1 N–H and O–H groups in total. The molecule has 0 aromatic carbocycles. The molecule has 96 valence electrons. The molecule has 1 atom stereocenters. The lowest BCUT2D eigenvalue weighted by Gasteiger charge is -2.23. The fourth-order valence-electron chi connectivity index (χ4n) is 2.54. The monoisotopic (exact) mass is 373 g/mol. The summed E-state index contributed by atoms with van der Waals surface area (Å²) in [6.45, 7) is 0.896. The van der Waals surface area contributed by atoms with Gasteiger partial charge in [-0.05, 0) is 59.5 Å². The summed E-state index contributed by atoms with van der Waals surface area (Å²) in [7, 11) is 2.00. The molecule has 0 radical (unpaired) electrons. The SMILES string of the molecule is Cn1nccc1CNC1CCCc2sc(I)cc21. The molecule has 0 bridgehead atoms. The molecule has 2 aromatic heterocycles. The van der Waals surface area contributed by atoms with Crippen molar-refractivity contribution in [1.82, 2.24) is 15.1 Å². The number of hydrogen-bond donors (Lipinski definition) is 1. The van der Waals surface area contributed by atoms with Crippen molar-refractivity contribution in [2.75, 3.05) is 0 Å². The number of aryl methyl sites for hydroxylation is 2. The summed E-state index contributed by atoms with van der Waals surface area (Å²) in [5.74, 6) is 0. The Morgan fingerprint density at radius 3 is 3.28 bits per heavy atom. The van der Waals surface area contributed by atoms with Gasteiger partial charge in [0.15, 0.2) is 0 Å². The van der Waals surface area contributed by atoms with Gasteiger partial charge in [-0.25, -0.2) is 0 Å². The Morgan fingerprint density at radius 2 is 2.50 bits per heavy atom. The fraction of sp³-hybridized carbons (Fsp3) is 0.462. The summed E-state index contributed by atoms with van der Waals surface area (Å²) in [6.07, 6.45) is 5.66. The number of thiophene rings is 1. The Hall–Kier alpha value is -0.400. The van der Waals surface area contributed by atoms with E-state index in [0.717, 1.165) is 6.54 Å². The van der Waals surface area contributed by atoms with Crippen molar-refractivity contribution < 1.29 is 0 Å². The van der Waals surface area contributed by atoms with Gasteiger partial charge in [-0.1, -0.05) is 0 Å². The maximum Gasteiger partial charge on any atom is 0.0659 e. The van der Waals surface area contributed by atoms with E-state index in [0.29, 0.717) is 6.04 Å². The Labute approximate surface area is 125 Å². The van der Waals surface area contributed by atoms with E-state index in [1.165, 1.54) is 33.4 Å². The maximum absolute atomic E-state index is 4.21. The number of nitrogens with zero attached hydrogens (tertiary/aromatic N) is 2. The van der Waals surface area contributed by atoms with Gasteiger partial charge in [-0.3, -0.25) is 4.68 Å². The molecular weight excluding hydrogens is 357 g/mol. The highest BCUT2D eigenvalue weighted by Crippen LogP contribution is 2.36. The van der Waals surface area contributed by atoms with Crippen LogP contribution in [0.2, 0.25) is 0 Å². The minimum Gasteiger partial charge on any atom is -0.304 e. The molecule has 1 unspecified atom stereocenters. The van der Waals surface area contributed by atoms with Crippen LogP contribution in [0.1, 0.15) is 35.0 Å². The highest BCUT2D eigenvalue weighted by atomic mass is 127. The second-order valence-electron chi connectivity index (χ2n) is 4.70. The Balaban J connectivity index is 1.73. The lowest BCUT2D eigenvalue weighted by Crippen LogP contribution is -2.24. The van der Waals surface area contributed by atoms with Crippen LogP contribution in [-0.2, 0) is 20.0 Å². The summed E-state index contributed by atoms with van der Waals surface area (Å²) in [4.78, 5) is 1.58. The van der Waals surface area contributed by atoms with Crippen LogP contribution in [-0.4, -0.2) is 9.78 Å². The quantitative estimate of drug-likeness (QED) is 0.838. The Kier molecular flexibility index (Phi) is 3.72.